The van der Waals surface area contributed by atoms with E-state index in [0.717, 1.165) is 81.3 Å². The standard InChI is InChI=1S/C33H45F6NO2S/c1-31-19-27(34)30-25-10-9-24(41)18-22(25)17-21(29(30)26(31)11-12-28(31)42)7-3-2-4-14-40-15-5-8-23(40)20-43-16-6-13-32(35,36)33(37,38)39/h9-10,18,21,23,26-27,29-30,41H,2-8,11-17,19-20H2,1H3/t21-,23-,26+,27+,29+,30+,31+/m1/s1. The second-order valence-electron chi connectivity index (χ2n) is 13.7. The lowest BCUT2D eigenvalue weighted by Gasteiger charge is -2.53. The first-order chi connectivity index (χ1) is 20.3. The lowest BCUT2D eigenvalue weighted by molar-refractivity contribution is -0.284. The number of ketones is 1. The SMILES string of the molecule is C[C@]12C[C@H](F)[C@@H]3c4ccc(O)cc4C[C@@H](CCCCCN4CCC[C@@H]4CSCCCC(F)(F)C(F)(F)F)[C@H]3[C@@H]1CCC2=O. The molecule has 1 heterocycles. The summed E-state index contributed by atoms with van der Waals surface area (Å²) in [5.41, 5.74) is 1.48. The molecule has 5 rings (SSSR count). The number of nitrogens with zero attached hydrogens (tertiary/aromatic N) is 1. The van der Waals surface area contributed by atoms with Crippen LogP contribution in [-0.4, -0.2) is 64.7 Å². The highest BCUT2D eigenvalue weighted by molar-refractivity contribution is 7.99. The van der Waals surface area contributed by atoms with E-state index >= 15 is 4.39 Å². The number of carbonyl (C=O) groups is 1. The van der Waals surface area contributed by atoms with Gasteiger partial charge in [0.25, 0.3) is 0 Å². The van der Waals surface area contributed by atoms with E-state index in [1.807, 2.05) is 13.0 Å². The van der Waals surface area contributed by atoms with Gasteiger partial charge in [-0.2, -0.15) is 33.7 Å². The molecule has 7 atom stereocenters. The van der Waals surface area contributed by atoms with Gasteiger partial charge in [0, 0.05) is 36.0 Å². The van der Waals surface area contributed by atoms with Gasteiger partial charge in [-0.3, -0.25) is 9.69 Å². The number of Topliss-reactive ketones (excluding diaryl/α,β-unsaturated/α-hetero) is 1. The van der Waals surface area contributed by atoms with Crippen LogP contribution in [0.15, 0.2) is 18.2 Å². The average molecular weight is 634 g/mol. The van der Waals surface area contributed by atoms with Crippen LogP contribution in [0.2, 0.25) is 0 Å². The van der Waals surface area contributed by atoms with Crippen LogP contribution >= 0.6 is 11.8 Å². The minimum Gasteiger partial charge on any atom is -0.508 e. The molecule has 1 aromatic rings. The third-order valence-corrected chi connectivity index (χ3v) is 12.3. The number of phenolic OH excluding ortho intramolecular Hbond substituents is 1. The van der Waals surface area contributed by atoms with Crippen molar-refractivity contribution in [1.29, 1.82) is 0 Å². The maximum Gasteiger partial charge on any atom is 0.453 e. The van der Waals surface area contributed by atoms with Gasteiger partial charge in [-0.25, -0.2) is 4.39 Å². The van der Waals surface area contributed by atoms with Crippen molar-refractivity contribution in [3.63, 3.8) is 0 Å². The molecule has 3 aliphatic carbocycles. The number of unbranched alkanes of at least 4 members (excludes halogenated alkanes) is 2. The predicted molar refractivity (Wildman–Crippen MR) is 158 cm³/mol. The lowest BCUT2D eigenvalue weighted by Crippen LogP contribution is -2.50. The molecular weight excluding hydrogens is 588 g/mol. The maximum absolute atomic E-state index is 15.9. The zero-order valence-electron chi connectivity index (χ0n) is 25.0. The molecular formula is C33H45F6NO2S. The van der Waals surface area contributed by atoms with Crippen molar-refractivity contribution in [3.8, 4) is 5.75 Å². The highest BCUT2D eigenvalue weighted by Gasteiger charge is 2.60. The number of benzene rings is 1. The molecule has 1 saturated heterocycles. The van der Waals surface area contributed by atoms with Crippen LogP contribution in [0.3, 0.4) is 0 Å². The summed E-state index contributed by atoms with van der Waals surface area (Å²) in [7, 11) is 0. The Hall–Kier alpha value is -1.42. The second-order valence-corrected chi connectivity index (χ2v) is 14.9. The zero-order chi connectivity index (χ0) is 31.0. The molecule has 4 aliphatic rings. The third kappa shape index (κ3) is 6.90. The van der Waals surface area contributed by atoms with Crippen molar-refractivity contribution in [2.75, 3.05) is 24.6 Å². The van der Waals surface area contributed by atoms with Crippen molar-refractivity contribution < 1.29 is 36.2 Å². The minimum atomic E-state index is -5.48. The molecule has 0 aromatic heterocycles. The number of hydrogen-bond acceptors (Lipinski definition) is 4. The first-order valence-corrected chi connectivity index (χ1v) is 17.2. The number of carbonyl (C=O) groups excluding carboxylic acids is 1. The third-order valence-electron chi connectivity index (χ3n) is 11.1. The van der Waals surface area contributed by atoms with E-state index in [4.69, 9.17) is 0 Å². The Labute approximate surface area is 255 Å². The van der Waals surface area contributed by atoms with Gasteiger partial charge in [-0.05, 0) is 111 Å². The second kappa shape index (κ2) is 13.1. The first kappa shape index (κ1) is 33.0. The van der Waals surface area contributed by atoms with E-state index in [9.17, 15) is 31.9 Å². The van der Waals surface area contributed by atoms with Crippen molar-refractivity contribution in [2.45, 2.75) is 114 Å². The Bertz CT molecular complexity index is 1130. The lowest BCUT2D eigenvalue weighted by atomic mass is 9.51. The Morgan fingerprint density at radius 1 is 1.09 bits per heavy atom. The fraction of sp³-hybridized carbons (Fsp3) is 0.788. The zero-order valence-corrected chi connectivity index (χ0v) is 25.8. The van der Waals surface area contributed by atoms with E-state index in [2.05, 4.69) is 4.90 Å². The van der Waals surface area contributed by atoms with Gasteiger partial charge in [-0.15, -0.1) is 0 Å². The molecule has 1 N–H and O–H groups in total. The van der Waals surface area contributed by atoms with Gasteiger partial charge in [0.15, 0.2) is 0 Å². The molecule has 3 nitrogen and oxygen atoms in total. The molecule has 10 heteroatoms. The highest BCUT2D eigenvalue weighted by Crippen LogP contribution is 2.62. The predicted octanol–water partition coefficient (Wildman–Crippen LogP) is 8.73. The maximum atomic E-state index is 15.9. The summed E-state index contributed by atoms with van der Waals surface area (Å²) in [6, 6.07) is 5.68. The van der Waals surface area contributed by atoms with Crippen LogP contribution < -0.4 is 0 Å². The number of rotatable bonds is 12. The number of aromatic hydroxyl groups is 1. The van der Waals surface area contributed by atoms with Crippen molar-refractivity contribution >= 4 is 17.5 Å². The summed E-state index contributed by atoms with van der Waals surface area (Å²) in [5, 5.41) is 10.2. The van der Waals surface area contributed by atoms with Crippen LogP contribution in [0, 0.1) is 23.2 Å². The Morgan fingerprint density at radius 3 is 2.65 bits per heavy atom. The smallest absolute Gasteiger partial charge is 0.453 e. The minimum absolute atomic E-state index is 0.133. The number of halogens is 6. The number of fused-ring (bicyclic) bond motifs is 5. The fourth-order valence-corrected chi connectivity index (χ4v) is 10.0. The quantitative estimate of drug-likeness (QED) is 0.185. The van der Waals surface area contributed by atoms with Gasteiger partial charge >= 0.3 is 12.1 Å². The van der Waals surface area contributed by atoms with E-state index < -0.39 is 30.1 Å². The van der Waals surface area contributed by atoms with E-state index in [-0.39, 0.29) is 41.6 Å². The van der Waals surface area contributed by atoms with Gasteiger partial charge in [0.05, 0.1) is 0 Å². The molecule has 1 aromatic carbocycles. The normalized spacial score (nSPS) is 33.0. The number of thioether (sulfide) groups is 1. The molecule has 242 valence electrons. The van der Waals surface area contributed by atoms with Crippen LogP contribution in [0.5, 0.6) is 5.75 Å². The average Bonchev–Trinajstić information content (AvgIpc) is 3.50. The summed E-state index contributed by atoms with van der Waals surface area (Å²) < 4.78 is 79.3. The summed E-state index contributed by atoms with van der Waals surface area (Å²) in [4.78, 5) is 15.3. The topological polar surface area (TPSA) is 40.5 Å². The molecule has 1 aliphatic heterocycles. The molecule has 0 amide bonds. The molecule has 0 bridgehead atoms. The monoisotopic (exact) mass is 633 g/mol. The molecule has 43 heavy (non-hydrogen) atoms. The number of alkyl halides is 6. The van der Waals surface area contributed by atoms with Crippen LogP contribution in [0.4, 0.5) is 26.3 Å². The van der Waals surface area contributed by atoms with E-state index in [0.29, 0.717) is 24.6 Å². The van der Waals surface area contributed by atoms with Crippen LogP contribution in [-0.2, 0) is 11.2 Å². The summed E-state index contributed by atoms with van der Waals surface area (Å²) in [5.74, 6) is -2.76. The molecule has 2 saturated carbocycles. The number of hydrogen-bond donors (Lipinski definition) is 1. The molecule has 0 radical (unpaired) electrons. The van der Waals surface area contributed by atoms with Crippen molar-refractivity contribution in [3.05, 3.63) is 29.3 Å². The van der Waals surface area contributed by atoms with Crippen LogP contribution in [0.1, 0.15) is 94.6 Å². The van der Waals surface area contributed by atoms with Gasteiger partial charge < -0.3 is 5.11 Å². The fourth-order valence-electron chi connectivity index (χ4n) is 8.87. The molecule has 0 unspecified atom stereocenters. The largest absolute Gasteiger partial charge is 0.508 e. The molecule has 0 spiro atoms. The first-order valence-electron chi connectivity index (χ1n) is 16.1. The van der Waals surface area contributed by atoms with Gasteiger partial charge in [0.1, 0.15) is 17.7 Å². The Morgan fingerprint density at radius 2 is 1.88 bits per heavy atom. The summed E-state index contributed by atoms with van der Waals surface area (Å²) in [6.45, 7) is 3.91. The summed E-state index contributed by atoms with van der Waals surface area (Å²) in [6.07, 6.45) is 0.731. The van der Waals surface area contributed by atoms with Gasteiger partial charge in [-0.1, -0.05) is 25.8 Å². The number of phenols is 1. The number of likely N-dealkylation sites (tertiary alicyclic amines) is 1. The Balaban J connectivity index is 1.10. The van der Waals surface area contributed by atoms with E-state index in [1.54, 1.807) is 12.1 Å². The molecule has 3 fully saturated rings. The van der Waals surface area contributed by atoms with Crippen molar-refractivity contribution in [2.24, 2.45) is 23.2 Å². The van der Waals surface area contributed by atoms with Crippen molar-refractivity contribution in [1.82, 2.24) is 4.90 Å². The van der Waals surface area contributed by atoms with Gasteiger partial charge in [0.2, 0.25) is 0 Å². The highest BCUT2D eigenvalue weighted by atomic mass is 32.2. The summed E-state index contributed by atoms with van der Waals surface area (Å²) >= 11 is 1.47. The van der Waals surface area contributed by atoms with E-state index in [1.165, 1.54) is 11.8 Å². The van der Waals surface area contributed by atoms with Crippen LogP contribution in [0.25, 0.3) is 0 Å². The Kier molecular flexibility index (Phi) is 10.1.